The van der Waals surface area contributed by atoms with Gasteiger partial charge in [0.25, 0.3) is 0 Å². The van der Waals surface area contributed by atoms with E-state index in [1.54, 1.807) is 13.8 Å². The molecular formula is C24H28O9. The maximum Gasteiger partial charge on any atom is 0.204 e. The van der Waals surface area contributed by atoms with Crippen molar-refractivity contribution in [3.05, 3.63) is 33.5 Å². The van der Waals surface area contributed by atoms with Crippen LogP contribution in [0.1, 0.15) is 38.8 Å². The number of ether oxygens (including phenoxy) is 2. The molecule has 0 amide bonds. The zero-order valence-electron chi connectivity index (χ0n) is 19.1. The van der Waals surface area contributed by atoms with E-state index in [1.165, 1.54) is 33.1 Å². The topological polar surface area (TPSA) is 150 Å². The number of aliphatic hydroxyl groups excluding tert-OH is 1. The third-order valence-electron chi connectivity index (χ3n) is 6.19. The molecule has 0 saturated carbocycles. The summed E-state index contributed by atoms with van der Waals surface area (Å²) in [5.74, 6) is -0.367. The van der Waals surface area contributed by atoms with Crippen molar-refractivity contribution >= 4 is 21.9 Å². The molecule has 9 heteroatoms. The molecule has 0 aliphatic carbocycles. The Hall–Kier alpha value is -3.01. The number of phenolic OH excluding ortho intramolecular Hbond substituents is 2. The maximum atomic E-state index is 13.6. The lowest BCUT2D eigenvalue weighted by Crippen LogP contribution is -2.39. The van der Waals surface area contributed by atoms with Crippen LogP contribution < -0.4 is 14.9 Å². The van der Waals surface area contributed by atoms with Crippen LogP contribution >= 0.6 is 0 Å². The van der Waals surface area contributed by atoms with Gasteiger partial charge in [-0.25, -0.2) is 0 Å². The maximum absolute atomic E-state index is 13.6. The Kier molecular flexibility index (Phi) is 5.27. The van der Waals surface area contributed by atoms with Gasteiger partial charge in [-0.1, -0.05) is 0 Å². The Balaban J connectivity index is 2.02. The summed E-state index contributed by atoms with van der Waals surface area (Å²) >= 11 is 0. The van der Waals surface area contributed by atoms with Gasteiger partial charge in [-0.2, -0.15) is 0 Å². The summed E-state index contributed by atoms with van der Waals surface area (Å²) in [7, 11) is 1.31. The van der Waals surface area contributed by atoms with E-state index >= 15 is 0 Å². The van der Waals surface area contributed by atoms with E-state index in [0.29, 0.717) is 11.3 Å². The van der Waals surface area contributed by atoms with E-state index in [2.05, 4.69) is 0 Å². The largest absolute Gasteiger partial charge is 0.507 e. The Morgan fingerprint density at radius 2 is 1.76 bits per heavy atom. The molecule has 4 rings (SSSR count). The van der Waals surface area contributed by atoms with Gasteiger partial charge in [0, 0.05) is 36.1 Å². The van der Waals surface area contributed by atoms with Crippen molar-refractivity contribution in [2.75, 3.05) is 7.11 Å². The molecule has 1 aromatic heterocycles. The zero-order chi connectivity index (χ0) is 24.5. The molecule has 2 aromatic carbocycles. The van der Waals surface area contributed by atoms with E-state index in [-0.39, 0.29) is 57.6 Å². The standard InChI is InChI=1S/C24H28O9/c1-23(2,29)16(26)6-11-18-14(8-12(25)22(11)31-5)32-15-9-13-10(20(27)19(15)21(18)28)7-17(33-13)24(3,4)30/h8-9,16-17,25-27,29-30H,6-7H2,1-5H3. The fourth-order valence-corrected chi connectivity index (χ4v) is 4.16. The van der Waals surface area contributed by atoms with Crippen LogP contribution in [-0.2, 0) is 12.8 Å². The molecule has 0 radical (unpaired) electrons. The van der Waals surface area contributed by atoms with Gasteiger partial charge in [-0.05, 0) is 27.7 Å². The predicted molar refractivity (Wildman–Crippen MR) is 120 cm³/mol. The lowest BCUT2D eigenvalue weighted by Gasteiger charge is -2.25. The van der Waals surface area contributed by atoms with Gasteiger partial charge >= 0.3 is 0 Å². The summed E-state index contributed by atoms with van der Waals surface area (Å²) in [5, 5.41) is 52.4. The van der Waals surface area contributed by atoms with Crippen molar-refractivity contribution in [2.45, 2.75) is 63.9 Å². The number of hydrogen-bond donors (Lipinski definition) is 5. The van der Waals surface area contributed by atoms with Gasteiger partial charge in [0.2, 0.25) is 5.43 Å². The first-order valence-electron chi connectivity index (χ1n) is 10.6. The minimum atomic E-state index is -1.49. The molecule has 2 atom stereocenters. The normalized spacial score (nSPS) is 17.3. The Morgan fingerprint density at radius 3 is 2.33 bits per heavy atom. The second kappa shape index (κ2) is 7.51. The smallest absolute Gasteiger partial charge is 0.204 e. The summed E-state index contributed by atoms with van der Waals surface area (Å²) in [6, 6.07) is 2.70. The van der Waals surface area contributed by atoms with E-state index in [9.17, 15) is 30.3 Å². The van der Waals surface area contributed by atoms with Crippen LogP contribution in [0.2, 0.25) is 0 Å². The minimum absolute atomic E-state index is 0.00801. The average Bonchev–Trinajstić information content (AvgIpc) is 3.12. The summed E-state index contributed by atoms with van der Waals surface area (Å²) in [4.78, 5) is 13.6. The number of phenols is 2. The quantitative estimate of drug-likeness (QED) is 0.361. The van der Waals surface area contributed by atoms with E-state index < -0.39 is 28.8 Å². The van der Waals surface area contributed by atoms with Crippen LogP contribution in [0.15, 0.2) is 21.3 Å². The molecule has 1 aliphatic heterocycles. The first-order valence-corrected chi connectivity index (χ1v) is 10.6. The molecular weight excluding hydrogens is 432 g/mol. The second-order valence-electron chi connectivity index (χ2n) is 9.62. The molecule has 9 nitrogen and oxygen atoms in total. The van der Waals surface area contributed by atoms with E-state index in [4.69, 9.17) is 13.9 Å². The lowest BCUT2D eigenvalue weighted by atomic mass is 9.91. The van der Waals surface area contributed by atoms with Crippen molar-refractivity contribution in [3.63, 3.8) is 0 Å². The number of benzene rings is 2. The Bertz CT molecular complexity index is 1310. The second-order valence-corrected chi connectivity index (χ2v) is 9.62. The summed E-state index contributed by atoms with van der Waals surface area (Å²) < 4.78 is 17.0. The lowest BCUT2D eigenvalue weighted by molar-refractivity contribution is -0.0470. The Morgan fingerprint density at radius 1 is 1.12 bits per heavy atom. The monoisotopic (exact) mass is 460 g/mol. The summed E-state index contributed by atoms with van der Waals surface area (Å²) in [6.45, 7) is 6.02. The highest BCUT2D eigenvalue weighted by molar-refractivity contribution is 5.97. The van der Waals surface area contributed by atoms with Gasteiger partial charge in [0.1, 0.15) is 34.2 Å². The first-order chi connectivity index (χ1) is 15.2. The highest BCUT2D eigenvalue weighted by Gasteiger charge is 2.38. The predicted octanol–water partition coefficient (Wildman–Crippen LogP) is 2.11. The van der Waals surface area contributed by atoms with E-state index in [0.717, 1.165) is 0 Å². The van der Waals surface area contributed by atoms with Crippen molar-refractivity contribution in [1.29, 1.82) is 0 Å². The van der Waals surface area contributed by atoms with Crippen LogP contribution in [0.3, 0.4) is 0 Å². The number of aliphatic hydroxyl groups is 3. The molecule has 2 unspecified atom stereocenters. The minimum Gasteiger partial charge on any atom is -0.507 e. The van der Waals surface area contributed by atoms with Crippen LogP contribution in [0, 0.1) is 0 Å². The molecule has 0 fully saturated rings. The third-order valence-corrected chi connectivity index (χ3v) is 6.19. The third kappa shape index (κ3) is 3.76. The Labute approximate surface area is 189 Å². The van der Waals surface area contributed by atoms with Crippen molar-refractivity contribution in [1.82, 2.24) is 0 Å². The van der Waals surface area contributed by atoms with Gasteiger partial charge < -0.3 is 39.4 Å². The molecule has 33 heavy (non-hydrogen) atoms. The summed E-state index contributed by atoms with van der Waals surface area (Å²) in [5.41, 5.74) is -2.69. The molecule has 3 aromatic rings. The number of fused-ring (bicyclic) bond motifs is 3. The fourth-order valence-electron chi connectivity index (χ4n) is 4.16. The van der Waals surface area contributed by atoms with Gasteiger partial charge in [0.15, 0.2) is 11.5 Å². The van der Waals surface area contributed by atoms with Crippen LogP contribution in [0.5, 0.6) is 23.0 Å². The number of rotatable bonds is 5. The number of methoxy groups -OCH3 is 1. The van der Waals surface area contributed by atoms with E-state index in [1.807, 2.05) is 0 Å². The molecule has 0 spiro atoms. The van der Waals surface area contributed by atoms with Crippen LogP contribution in [-0.4, -0.2) is 56.1 Å². The fraction of sp³-hybridized carbons (Fsp3) is 0.458. The number of hydrogen-bond acceptors (Lipinski definition) is 9. The first kappa shape index (κ1) is 23.2. The molecule has 0 saturated heterocycles. The van der Waals surface area contributed by atoms with Crippen LogP contribution in [0.25, 0.3) is 21.9 Å². The molecule has 2 heterocycles. The van der Waals surface area contributed by atoms with Crippen molar-refractivity contribution in [3.8, 4) is 23.0 Å². The van der Waals surface area contributed by atoms with Gasteiger partial charge in [-0.3, -0.25) is 4.79 Å². The van der Waals surface area contributed by atoms with Crippen LogP contribution in [0.4, 0.5) is 0 Å². The molecule has 0 bridgehead atoms. The van der Waals surface area contributed by atoms with Gasteiger partial charge in [-0.15, -0.1) is 0 Å². The highest BCUT2D eigenvalue weighted by atomic mass is 16.5. The molecule has 1 aliphatic rings. The zero-order valence-corrected chi connectivity index (χ0v) is 19.1. The SMILES string of the molecule is COc1c(O)cc2oc3cc4c(c(O)c3c(=O)c2c1CC(O)C(C)(C)O)CC(C(C)(C)O)O4. The molecule has 178 valence electrons. The van der Waals surface area contributed by atoms with Gasteiger partial charge in [0.05, 0.1) is 29.8 Å². The molecule has 5 N–H and O–H groups in total. The summed E-state index contributed by atoms with van der Waals surface area (Å²) in [6.07, 6.45) is -1.94. The van der Waals surface area contributed by atoms with Crippen molar-refractivity contribution in [2.24, 2.45) is 0 Å². The number of aromatic hydroxyl groups is 2. The highest BCUT2D eigenvalue weighted by Crippen LogP contribution is 2.44. The average molecular weight is 460 g/mol. The van der Waals surface area contributed by atoms with Crippen molar-refractivity contribution < 1.29 is 39.4 Å².